The van der Waals surface area contributed by atoms with Crippen LogP contribution in [0.2, 0.25) is 0 Å². The van der Waals surface area contributed by atoms with Crippen LogP contribution in [0.4, 0.5) is 5.69 Å². The molecule has 2 aliphatic heterocycles. The first-order valence-corrected chi connectivity index (χ1v) is 13.3. The highest BCUT2D eigenvalue weighted by Crippen LogP contribution is 2.33. The number of imide groups is 1. The molecule has 0 aromatic heterocycles. The molecule has 0 saturated carbocycles. The molecule has 2 aliphatic rings. The van der Waals surface area contributed by atoms with Gasteiger partial charge >= 0.3 is 0 Å². The predicted octanol–water partition coefficient (Wildman–Crippen LogP) is 1.04. The van der Waals surface area contributed by atoms with Crippen LogP contribution in [0.3, 0.4) is 0 Å². The number of sulfone groups is 1. The minimum atomic E-state index is -4.17. The Bertz CT molecular complexity index is 1380. The summed E-state index contributed by atoms with van der Waals surface area (Å²) in [5.41, 5.74) is 0.801. The van der Waals surface area contributed by atoms with E-state index in [-0.39, 0.29) is 46.2 Å². The van der Waals surface area contributed by atoms with Gasteiger partial charge in [0.2, 0.25) is 11.8 Å². The second kappa shape index (κ2) is 8.27. The van der Waals surface area contributed by atoms with E-state index >= 15 is 0 Å². The van der Waals surface area contributed by atoms with Crippen molar-refractivity contribution >= 4 is 43.3 Å². The molecular formula is C21H21N3O7S2. The molecule has 3 amide bonds. The number of anilines is 1. The first kappa shape index (κ1) is 22.9. The Hall–Kier alpha value is -3.25. The maximum Gasteiger partial charge on any atom is 0.261 e. The molecule has 2 aromatic rings. The molecule has 1 saturated heterocycles. The number of nitrogens with zero attached hydrogens (tertiary/aromatic N) is 1. The van der Waals surface area contributed by atoms with Crippen LogP contribution in [-0.2, 0) is 36.0 Å². The summed E-state index contributed by atoms with van der Waals surface area (Å²) in [5.74, 6) is -1.57. The first-order chi connectivity index (χ1) is 15.5. The fourth-order valence-electron chi connectivity index (χ4n) is 3.89. The van der Waals surface area contributed by atoms with Crippen LogP contribution in [0.5, 0.6) is 0 Å². The number of hydrogen-bond acceptors (Lipinski definition) is 7. The van der Waals surface area contributed by atoms with Crippen LogP contribution in [0, 0.1) is 0 Å². The molecule has 0 aliphatic carbocycles. The molecule has 0 radical (unpaired) electrons. The molecule has 33 heavy (non-hydrogen) atoms. The van der Waals surface area contributed by atoms with Gasteiger partial charge in [0, 0.05) is 24.1 Å². The lowest BCUT2D eigenvalue weighted by molar-refractivity contribution is -0.136. The van der Waals surface area contributed by atoms with E-state index in [9.17, 15) is 31.2 Å². The summed E-state index contributed by atoms with van der Waals surface area (Å²) in [6.07, 6.45) is 0.289. The molecule has 1 fully saturated rings. The molecule has 12 heteroatoms. The van der Waals surface area contributed by atoms with Crippen molar-refractivity contribution in [2.75, 3.05) is 10.5 Å². The molecule has 2 heterocycles. The van der Waals surface area contributed by atoms with Gasteiger partial charge in [-0.2, -0.15) is 0 Å². The predicted molar refractivity (Wildman–Crippen MR) is 117 cm³/mol. The molecular weight excluding hydrogens is 470 g/mol. The summed E-state index contributed by atoms with van der Waals surface area (Å²) in [7, 11) is -7.78. The smallest absolute Gasteiger partial charge is 0.261 e. The highest BCUT2D eigenvalue weighted by Gasteiger charge is 2.40. The SMILES string of the molecule is CCS(=O)(=O)c1cccc(S(=O)(=O)Nc2cccc3c2CN(C2CCC(=O)NC2=O)C3=O)c1. The maximum atomic E-state index is 13.0. The second-order valence-corrected chi connectivity index (χ2v) is 11.7. The minimum absolute atomic E-state index is 0.0105. The van der Waals surface area contributed by atoms with Gasteiger partial charge in [0.1, 0.15) is 6.04 Å². The first-order valence-electron chi connectivity index (χ1n) is 10.2. The Kier molecular flexibility index (Phi) is 5.74. The normalized spacial score (nSPS) is 18.8. The lowest BCUT2D eigenvalue weighted by Crippen LogP contribution is -2.52. The Morgan fingerprint density at radius 3 is 2.42 bits per heavy atom. The van der Waals surface area contributed by atoms with E-state index in [0.29, 0.717) is 5.56 Å². The van der Waals surface area contributed by atoms with E-state index in [1.807, 2.05) is 0 Å². The molecule has 0 bridgehead atoms. The number of carbonyl (C=O) groups excluding carboxylic acids is 3. The molecule has 1 atom stereocenters. The van der Waals surface area contributed by atoms with Gasteiger partial charge < -0.3 is 4.90 Å². The zero-order chi connectivity index (χ0) is 24.0. The van der Waals surface area contributed by atoms with E-state index < -0.39 is 43.6 Å². The monoisotopic (exact) mass is 491 g/mol. The summed E-state index contributed by atoms with van der Waals surface area (Å²) in [4.78, 5) is 37.6. The van der Waals surface area contributed by atoms with Crippen molar-refractivity contribution in [2.24, 2.45) is 0 Å². The van der Waals surface area contributed by atoms with E-state index in [4.69, 9.17) is 0 Å². The van der Waals surface area contributed by atoms with E-state index in [2.05, 4.69) is 10.0 Å². The largest absolute Gasteiger partial charge is 0.322 e. The lowest BCUT2D eigenvalue weighted by Gasteiger charge is -2.29. The number of hydrogen-bond donors (Lipinski definition) is 2. The molecule has 4 rings (SSSR count). The lowest BCUT2D eigenvalue weighted by atomic mass is 10.0. The molecule has 0 spiro atoms. The summed E-state index contributed by atoms with van der Waals surface area (Å²) < 4.78 is 52.8. The third-order valence-corrected chi connectivity index (χ3v) is 8.78. The third kappa shape index (κ3) is 4.23. The fraction of sp³-hybridized carbons (Fsp3) is 0.286. The van der Waals surface area contributed by atoms with Gasteiger partial charge in [-0.15, -0.1) is 0 Å². The van der Waals surface area contributed by atoms with E-state index in [1.54, 1.807) is 0 Å². The van der Waals surface area contributed by atoms with Crippen molar-refractivity contribution in [1.29, 1.82) is 0 Å². The number of sulfonamides is 1. The topological polar surface area (TPSA) is 147 Å². The Morgan fingerprint density at radius 2 is 1.73 bits per heavy atom. The van der Waals surface area contributed by atoms with Crippen LogP contribution >= 0.6 is 0 Å². The Labute approximate surface area is 190 Å². The van der Waals surface area contributed by atoms with Gasteiger partial charge in [0.15, 0.2) is 9.84 Å². The molecule has 10 nitrogen and oxygen atoms in total. The van der Waals surface area contributed by atoms with Crippen LogP contribution in [0.15, 0.2) is 52.3 Å². The van der Waals surface area contributed by atoms with Gasteiger partial charge in [-0.3, -0.25) is 24.4 Å². The third-order valence-electron chi connectivity index (χ3n) is 5.68. The minimum Gasteiger partial charge on any atom is -0.322 e. The van der Waals surface area contributed by atoms with Gasteiger partial charge in [-0.05, 0) is 36.8 Å². The van der Waals surface area contributed by atoms with Crippen molar-refractivity contribution in [3.63, 3.8) is 0 Å². The standard InChI is InChI=1S/C21H21N3O7S2/c1-2-32(28,29)13-5-3-6-14(11-13)33(30,31)23-17-8-4-7-15-16(17)12-24(21(15)27)18-9-10-19(25)22-20(18)26/h3-8,11,18,23H,2,9-10,12H2,1H3,(H,22,25,26). The van der Waals surface area contributed by atoms with Crippen LogP contribution in [0.25, 0.3) is 0 Å². The highest BCUT2D eigenvalue weighted by molar-refractivity contribution is 7.93. The van der Waals surface area contributed by atoms with Crippen LogP contribution in [-0.4, -0.2) is 51.3 Å². The molecule has 1 unspecified atom stereocenters. The molecule has 174 valence electrons. The van der Waals surface area contributed by atoms with Gasteiger partial charge in [0.25, 0.3) is 15.9 Å². The Morgan fingerprint density at radius 1 is 1.03 bits per heavy atom. The molecule has 2 N–H and O–H groups in total. The zero-order valence-corrected chi connectivity index (χ0v) is 19.2. The highest BCUT2D eigenvalue weighted by atomic mass is 32.2. The van der Waals surface area contributed by atoms with Crippen molar-refractivity contribution in [1.82, 2.24) is 10.2 Å². The Balaban J connectivity index is 1.64. The van der Waals surface area contributed by atoms with Gasteiger partial charge in [-0.25, -0.2) is 16.8 Å². The van der Waals surface area contributed by atoms with Crippen molar-refractivity contribution < 1.29 is 31.2 Å². The van der Waals surface area contributed by atoms with E-state index in [1.165, 1.54) is 48.2 Å². The van der Waals surface area contributed by atoms with E-state index in [0.717, 1.165) is 6.07 Å². The number of amides is 3. The fourth-order valence-corrected chi connectivity index (χ4v) is 6.03. The second-order valence-electron chi connectivity index (χ2n) is 7.72. The number of piperidine rings is 1. The van der Waals surface area contributed by atoms with Crippen molar-refractivity contribution in [3.05, 3.63) is 53.6 Å². The van der Waals surface area contributed by atoms with Gasteiger partial charge in [0.05, 0.1) is 21.2 Å². The van der Waals surface area contributed by atoms with Crippen molar-refractivity contribution in [2.45, 2.75) is 42.1 Å². The average Bonchev–Trinajstić information content (AvgIpc) is 3.11. The summed E-state index contributed by atoms with van der Waals surface area (Å²) in [6, 6.07) is 8.75. The number of rotatable bonds is 6. The number of fused-ring (bicyclic) bond motifs is 1. The maximum absolute atomic E-state index is 13.0. The summed E-state index contributed by atoms with van der Waals surface area (Å²) in [5, 5.41) is 2.22. The summed E-state index contributed by atoms with van der Waals surface area (Å²) in [6.45, 7) is 1.46. The van der Waals surface area contributed by atoms with Crippen LogP contribution < -0.4 is 10.0 Å². The van der Waals surface area contributed by atoms with Crippen LogP contribution in [0.1, 0.15) is 35.7 Å². The number of carbonyl (C=O) groups is 3. The van der Waals surface area contributed by atoms with Gasteiger partial charge in [-0.1, -0.05) is 19.1 Å². The number of benzene rings is 2. The molecule has 2 aromatic carbocycles. The zero-order valence-electron chi connectivity index (χ0n) is 17.6. The average molecular weight is 492 g/mol. The summed E-state index contributed by atoms with van der Waals surface area (Å²) >= 11 is 0. The van der Waals surface area contributed by atoms with Crippen molar-refractivity contribution in [3.8, 4) is 0 Å². The quantitative estimate of drug-likeness (QED) is 0.574. The number of nitrogens with one attached hydrogen (secondary N) is 2.